The number of alkyl halides is 14. The normalized spacial score (nSPS) is 13.9. The van der Waals surface area contributed by atoms with Crippen molar-refractivity contribution in [3.05, 3.63) is 0 Å². The van der Waals surface area contributed by atoms with E-state index in [1.54, 1.807) is 0 Å². The fourth-order valence-corrected chi connectivity index (χ4v) is 0.625. The number of carbonyl (C=O) groups is 2. The molecular weight excluding hydrogens is 529 g/mol. The van der Waals surface area contributed by atoms with E-state index in [-0.39, 0.29) is 19.5 Å². The van der Waals surface area contributed by atoms with Crippen LogP contribution in [0.4, 0.5) is 61.5 Å². The Morgan fingerprint density at radius 2 is 0.630 bits per heavy atom. The molecule has 19 heteroatoms. The predicted octanol–water partition coefficient (Wildman–Crippen LogP) is 3.81. The summed E-state index contributed by atoms with van der Waals surface area (Å²) in [6.07, 6.45) is -13.2. The molecule has 0 amide bonds. The van der Waals surface area contributed by atoms with Crippen LogP contribution in [-0.2, 0) is 29.1 Å². The molecule has 0 aromatic heterocycles. The monoisotopic (exact) mass is 531 g/mol. The molecule has 0 spiro atoms. The first-order valence-electron chi connectivity index (χ1n) is 5.00. The van der Waals surface area contributed by atoms with E-state index in [1.165, 1.54) is 0 Å². The second-order valence-electron chi connectivity index (χ2n) is 3.90. The number of aliphatic carboxylic acids is 2. The molecule has 0 bridgehead atoms. The van der Waals surface area contributed by atoms with E-state index >= 15 is 0 Å². The van der Waals surface area contributed by atoms with Gasteiger partial charge in [0.1, 0.15) is 0 Å². The third-order valence-corrected chi connectivity index (χ3v) is 2.04. The third-order valence-electron chi connectivity index (χ3n) is 2.04. The maximum Gasteiger partial charge on any atom is 0.460 e. The van der Waals surface area contributed by atoms with E-state index in [0.717, 1.165) is 0 Å². The minimum atomic E-state index is -6.60. The molecule has 0 saturated heterocycles. The maximum atomic E-state index is 11.8. The average molecular weight is 531 g/mol. The quantitative estimate of drug-likeness (QED) is 0.428. The summed E-state index contributed by atoms with van der Waals surface area (Å²) in [5, 5.41) is 14.8. The zero-order valence-electron chi connectivity index (χ0n) is 11.3. The molecule has 2 N–H and O–H groups in total. The van der Waals surface area contributed by atoms with E-state index in [2.05, 4.69) is 0 Å². The van der Waals surface area contributed by atoms with Gasteiger partial charge in [-0.1, -0.05) is 0 Å². The second kappa shape index (κ2) is 8.30. The summed E-state index contributed by atoms with van der Waals surface area (Å²) in [4.78, 5) is 18.8. The fraction of sp³-hybridized carbons (Fsp3) is 0.750. The molecule has 165 valence electrons. The number of hydrogen-bond donors (Lipinski definition) is 2. The summed E-state index contributed by atoms with van der Waals surface area (Å²) in [5.41, 5.74) is 0. The molecular formula is C8H2F14O4Rh. The molecule has 0 saturated carbocycles. The molecule has 0 unspecified atom stereocenters. The Balaban J connectivity index is -0.000000411. The van der Waals surface area contributed by atoms with Crippen molar-refractivity contribution < 1.29 is 101 Å². The zero-order chi connectivity index (χ0) is 22.2. The van der Waals surface area contributed by atoms with E-state index in [9.17, 15) is 71.1 Å². The van der Waals surface area contributed by atoms with E-state index < -0.39 is 48.0 Å². The summed E-state index contributed by atoms with van der Waals surface area (Å²) >= 11 is 0. The van der Waals surface area contributed by atoms with Crippen LogP contribution in [0.2, 0.25) is 0 Å². The molecule has 0 fully saturated rings. The van der Waals surface area contributed by atoms with Crippen LogP contribution in [0.3, 0.4) is 0 Å². The van der Waals surface area contributed by atoms with Gasteiger partial charge in [0.05, 0.1) is 0 Å². The summed E-state index contributed by atoms with van der Waals surface area (Å²) in [6.45, 7) is 0. The van der Waals surface area contributed by atoms with Crippen molar-refractivity contribution in [2.24, 2.45) is 0 Å². The van der Waals surface area contributed by atoms with Crippen LogP contribution in [0.15, 0.2) is 0 Å². The standard InChI is InChI=1S/2C4HF7O2.Rh/c2*5-2(6,1(12)13)3(7,8)4(9,10)11;/h2*(H,12,13);. The molecule has 1 radical (unpaired) electrons. The summed E-state index contributed by atoms with van der Waals surface area (Å²) < 4.78 is 161. The van der Waals surface area contributed by atoms with Crippen LogP contribution in [0, 0.1) is 0 Å². The Hall–Kier alpha value is -1.42. The Labute approximate surface area is 149 Å². The molecule has 0 aliphatic rings. The predicted molar refractivity (Wildman–Crippen MR) is 47.2 cm³/mol. The number of carboxylic acid groups (broad SMARTS) is 2. The van der Waals surface area contributed by atoms with Crippen molar-refractivity contribution in [1.29, 1.82) is 0 Å². The molecule has 0 aliphatic heterocycles. The van der Waals surface area contributed by atoms with E-state index in [0.29, 0.717) is 0 Å². The molecule has 0 aliphatic carbocycles. The van der Waals surface area contributed by atoms with Crippen molar-refractivity contribution in [2.75, 3.05) is 0 Å². The SMILES string of the molecule is O=C(O)C(F)(F)C(F)(F)C(F)(F)F.O=C(O)C(F)(F)C(F)(F)C(F)(F)F.[Rh]. The van der Waals surface area contributed by atoms with Crippen LogP contribution in [0.5, 0.6) is 0 Å². The number of carboxylic acids is 2. The minimum Gasteiger partial charge on any atom is -0.477 e. The van der Waals surface area contributed by atoms with Gasteiger partial charge in [-0.2, -0.15) is 61.5 Å². The van der Waals surface area contributed by atoms with Gasteiger partial charge in [-0.3, -0.25) is 0 Å². The second-order valence-corrected chi connectivity index (χ2v) is 3.90. The van der Waals surface area contributed by atoms with E-state index in [1.807, 2.05) is 0 Å². The summed E-state index contributed by atoms with van der Waals surface area (Å²) in [6, 6.07) is 0. The Bertz CT molecular complexity index is 488. The van der Waals surface area contributed by atoms with Crippen LogP contribution in [0.1, 0.15) is 0 Å². The van der Waals surface area contributed by atoms with Crippen LogP contribution in [0.25, 0.3) is 0 Å². The topological polar surface area (TPSA) is 74.6 Å². The fourth-order valence-electron chi connectivity index (χ4n) is 0.625. The summed E-state index contributed by atoms with van der Waals surface area (Å²) in [7, 11) is 0. The minimum absolute atomic E-state index is 0. The average Bonchev–Trinajstić information content (AvgIpc) is 2.35. The first kappa shape index (κ1) is 30.3. The maximum absolute atomic E-state index is 11.8. The molecule has 0 rings (SSSR count). The van der Waals surface area contributed by atoms with Gasteiger partial charge in [0.2, 0.25) is 0 Å². The van der Waals surface area contributed by atoms with Crippen molar-refractivity contribution in [1.82, 2.24) is 0 Å². The molecule has 0 aromatic carbocycles. The molecule has 0 heterocycles. The Kier molecular flexibility index (Phi) is 9.32. The molecule has 0 atom stereocenters. The van der Waals surface area contributed by atoms with Crippen LogP contribution < -0.4 is 0 Å². The van der Waals surface area contributed by atoms with E-state index in [4.69, 9.17) is 10.2 Å². The van der Waals surface area contributed by atoms with Gasteiger partial charge in [0, 0.05) is 19.5 Å². The first-order chi connectivity index (χ1) is 10.9. The van der Waals surface area contributed by atoms with Gasteiger partial charge in [-0.05, 0) is 0 Å². The molecule has 4 nitrogen and oxygen atoms in total. The van der Waals surface area contributed by atoms with Gasteiger partial charge < -0.3 is 10.2 Å². The Morgan fingerprint density at radius 3 is 0.667 bits per heavy atom. The number of halogens is 14. The number of rotatable bonds is 4. The van der Waals surface area contributed by atoms with Gasteiger partial charge in [-0.25, -0.2) is 9.59 Å². The smallest absolute Gasteiger partial charge is 0.460 e. The van der Waals surface area contributed by atoms with Crippen LogP contribution in [-0.4, -0.2) is 58.2 Å². The van der Waals surface area contributed by atoms with Gasteiger partial charge in [-0.15, -0.1) is 0 Å². The van der Waals surface area contributed by atoms with Crippen molar-refractivity contribution in [3.8, 4) is 0 Å². The Morgan fingerprint density at radius 1 is 0.481 bits per heavy atom. The van der Waals surface area contributed by atoms with Gasteiger partial charge in [0.15, 0.2) is 0 Å². The molecule has 27 heavy (non-hydrogen) atoms. The van der Waals surface area contributed by atoms with Crippen molar-refractivity contribution >= 4 is 11.9 Å². The van der Waals surface area contributed by atoms with Crippen molar-refractivity contribution in [3.63, 3.8) is 0 Å². The van der Waals surface area contributed by atoms with Gasteiger partial charge in [0.25, 0.3) is 0 Å². The zero-order valence-corrected chi connectivity index (χ0v) is 13.0. The number of hydrogen-bond acceptors (Lipinski definition) is 2. The molecule has 0 aromatic rings. The van der Waals surface area contributed by atoms with Crippen LogP contribution >= 0.6 is 0 Å². The largest absolute Gasteiger partial charge is 0.477 e. The van der Waals surface area contributed by atoms with Gasteiger partial charge >= 0.3 is 48.0 Å². The van der Waals surface area contributed by atoms with Crippen molar-refractivity contribution in [2.45, 2.75) is 36.0 Å². The summed E-state index contributed by atoms with van der Waals surface area (Å²) in [5.74, 6) is -32.5. The first-order valence-corrected chi connectivity index (χ1v) is 5.00. The third kappa shape index (κ3) is 5.78.